The van der Waals surface area contributed by atoms with Gasteiger partial charge < -0.3 is 4.90 Å². The highest BCUT2D eigenvalue weighted by Crippen LogP contribution is 2.35. The molecule has 112 valence electrons. The van der Waals surface area contributed by atoms with Crippen molar-refractivity contribution < 1.29 is 4.79 Å². The number of carbonyl (C=O) groups is 1. The standard InChI is InChI=1S/C17H17N3OS/c1-19(15-7-6-12-4-2-3-5-14(12)15)16(21)10-13-11-20-8-9-22-17(20)18-13/h2-5,8-9,11,15H,6-7,10H2,1H3. The van der Waals surface area contributed by atoms with Gasteiger partial charge in [0.15, 0.2) is 4.96 Å². The summed E-state index contributed by atoms with van der Waals surface area (Å²) in [6, 6.07) is 8.63. The normalized spacial score (nSPS) is 16.9. The summed E-state index contributed by atoms with van der Waals surface area (Å²) in [6.07, 6.45) is 6.35. The molecule has 0 N–H and O–H groups in total. The highest BCUT2D eigenvalue weighted by molar-refractivity contribution is 7.15. The van der Waals surface area contributed by atoms with Crippen LogP contribution in [0.25, 0.3) is 4.96 Å². The largest absolute Gasteiger partial charge is 0.338 e. The lowest BCUT2D eigenvalue weighted by molar-refractivity contribution is -0.131. The Labute approximate surface area is 133 Å². The molecule has 3 aromatic rings. The minimum absolute atomic E-state index is 0.132. The summed E-state index contributed by atoms with van der Waals surface area (Å²) in [6.45, 7) is 0. The summed E-state index contributed by atoms with van der Waals surface area (Å²) < 4.78 is 1.97. The van der Waals surface area contributed by atoms with Crippen LogP contribution in [0, 0.1) is 0 Å². The van der Waals surface area contributed by atoms with E-state index < -0.39 is 0 Å². The van der Waals surface area contributed by atoms with Gasteiger partial charge in [-0.1, -0.05) is 24.3 Å². The summed E-state index contributed by atoms with van der Waals surface area (Å²) in [5.41, 5.74) is 3.51. The van der Waals surface area contributed by atoms with Crippen molar-refractivity contribution in [2.75, 3.05) is 7.05 Å². The third-order valence-electron chi connectivity index (χ3n) is 4.44. The minimum Gasteiger partial charge on any atom is -0.338 e. The molecule has 0 saturated carbocycles. The fourth-order valence-corrected chi connectivity index (χ4v) is 3.97. The molecule has 1 aliphatic carbocycles. The molecule has 2 heterocycles. The number of imidazole rings is 1. The zero-order valence-corrected chi connectivity index (χ0v) is 13.2. The van der Waals surface area contributed by atoms with Crippen LogP contribution in [0.1, 0.15) is 29.3 Å². The number of carbonyl (C=O) groups excluding carboxylic acids is 1. The third-order valence-corrected chi connectivity index (χ3v) is 5.21. The van der Waals surface area contributed by atoms with E-state index >= 15 is 0 Å². The Kier molecular flexibility index (Phi) is 3.22. The number of rotatable bonds is 3. The second-order valence-electron chi connectivity index (χ2n) is 5.76. The second-order valence-corrected chi connectivity index (χ2v) is 6.63. The molecule has 22 heavy (non-hydrogen) atoms. The maximum atomic E-state index is 12.6. The number of aromatic nitrogens is 2. The molecule has 0 saturated heterocycles. The van der Waals surface area contributed by atoms with E-state index in [-0.39, 0.29) is 11.9 Å². The van der Waals surface area contributed by atoms with Crippen LogP contribution in [0.4, 0.5) is 0 Å². The van der Waals surface area contributed by atoms with Crippen molar-refractivity contribution in [2.24, 2.45) is 0 Å². The van der Waals surface area contributed by atoms with E-state index in [0.29, 0.717) is 6.42 Å². The molecule has 0 spiro atoms. The average molecular weight is 311 g/mol. The monoisotopic (exact) mass is 311 g/mol. The van der Waals surface area contributed by atoms with Crippen LogP contribution in [-0.4, -0.2) is 27.2 Å². The van der Waals surface area contributed by atoms with E-state index in [9.17, 15) is 4.79 Å². The molecule has 4 rings (SSSR count). The number of fused-ring (bicyclic) bond motifs is 2. The maximum Gasteiger partial charge on any atom is 0.228 e. The van der Waals surface area contributed by atoms with Crippen molar-refractivity contribution in [1.29, 1.82) is 0 Å². The van der Waals surface area contributed by atoms with Crippen LogP contribution >= 0.6 is 11.3 Å². The van der Waals surface area contributed by atoms with Crippen molar-refractivity contribution in [3.05, 3.63) is 58.9 Å². The lowest BCUT2D eigenvalue weighted by Crippen LogP contribution is -2.31. The Morgan fingerprint density at radius 1 is 1.45 bits per heavy atom. The van der Waals surface area contributed by atoms with Gasteiger partial charge in [-0.15, -0.1) is 11.3 Å². The van der Waals surface area contributed by atoms with Gasteiger partial charge in [-0.3, -0.25) is 9.20 Å². The van der Waals surface area contributed by atoms with Crippen LogP contribution in [-0.2, 0) is 17.6 Å². The van der Waals surface area contributed by atoms with Crippen molar-refractivity contribution in [3.8, 4) is 0 Å². The summed E-state index contributed by atoms with van der Waals surface area (Å²) in [7, 11) is 1.91. The molecule has 5 heteroatoms. The Morgan fingerprint density at radius 3 is 3.18 bits per heavy atom. The lowest BCUT2D eigenvalue weighted by atomic mass is 10.1. The van der Waals surface area contributed by atoms with Gasteiger partial charge in [0, 0.05) is 24.8 Å². The number of hydrogen-bond donors (Lipinski definition) is 0. The predicted octanol–water partition coefficient (Wildman–Crippen LogP) is 3.08. The zero-order valence-electron chi connectivity index (χ0n) is 12.4. The summed E-state index contributed by atoms with van der Waals surface area (Å²) >= 11 is 1.59. The summed E-state index contributed by atoms with van der Waals surface area (Å²) in [4.78, 5) is 19.9. The van der Waals surface area contributed by atoms with Crippen LogP contribution in [0.5, 0.6) is 0 Å². The predicted molar refractivity (Wildman–Crippen MR) is 87.0 cm³/mol. The molecular formula is C17H17N3OS. The van der Waals surface area contributed by atoms with Gasteiger partial charge in [0.25, 0.3) is 0 Å². The SMILES string of the molecule is CN(C(=O)Cc1cn2ccsc2n1)C1CCc2ccccc21. The van der Waals surface area contributed by atoms with Crippen LogP contribution < -0.4 is 0 Å². The molecule has 1 unspecified atom stereocenters. The molecule has 0 bridgehead atoms. The topological polar surface area (TPSA) is 37.6 Å². The highest BCUT2D eigenvalue weighted by Gasteiger charge is 2.28. The van der Waals surface area contributed by atoms with Crippen LogP contribution in [0.15, 0.2) is 42.0 Å². The molecule has 1 aromatic carbocycles. The molecule has 4 nitrogen and oxygen atoms in total. The molecule has 1 amide bonds. The number of amides is 1. The van der Waals surface area contributed by atoms with Gasteiger partial charge in [0.2, 0.25) is 5.91 Å². The number of nitrogens with zero attached hydrogens (tertiary/aromatic N) is 3. The zero-order chi connectivity index (χ0) is 15.1. The van der Waals surface area contributed by atoms with E-state index in [1.807, 2.05) is 34.1 Å². The van der Waals surface area contributed by atoms with Crippen LogP contribution in [0.3, 0.4) is 0 Å². The van der Waals surface area contributed by atoms with E-state index in [2.05, 4.69) is 29.2 Å². The van der Waals surface area contributed by atoms with E-state index in [0.717, 1.165) is 23.5 Å². The van der Waals surface area contributed by atoms with Gasteiger partial charge in [0.1, 0.15) is 0 Å². The first-order chi connectivity index (χ1) is 10.7. The van der Waals surface area contributed by atoms with Gasteiger partial charge >= 0.3 is 0 Å². The Balaban J connectivity index is 1.52. The van der Waals surface area contributed by atoms with E-state index in [1.165, 1.54) is 11.1 Å². The number of aryl methyl sites for hydroxylation is 1. The number of thiazole rings is 1. The van der Waals surface area contributed by atoms with Crippen molar-refractivity contribution in [2.45, 2.75) is 25.3 Å². The second kappa shape index (κ2) is 5.25. The number of benzene rings is 1. The first kappa shape index (κ1) is 13.5. The summed E-state index contributed by atoms with van der Waals surface area (Å²) in [5.74, 6) is 0.132. The molecule has 2 aromatic heterocycles. The Bertz CT molecular complexity index is 807. The first-order valence-corrected chi connectivity index (χ1v) is 8.35. The van der Waals surface area contributed by atoms with E-state index in [1.54, 1.807) is 11.3 Å². The molecule has 0 aliphatic heterocycles. The third kappa shape index (κ3) is 2.22. The van der Waals surface area contributed by atoms with Crippen molar-refractivity contribution >= 4 is 22.2 Å². The average Bonchev–Trinajstić information content (AvgIpc) is 3.19. The van der Waals surface area contributed by atoms with Gasteiger partial charge in [-0.25, -0.2) is 4.98 Å². The Hall–Kier alpha value is -2.14. The van der Waals surface area contributed by atoms with Crippen molar-refractivity contribution in [3.63, 3.8) is 0 Å². The number of likely N-dealkylation sites (N-methyl/N-ethyl adjacent to an activating group) is 1. The van der Waals surface area contributed by atoms with Gasteiger partial charge in [-0.2, -0.15) is 0 Å². The van der Waals surface area contributed by atoms with Gasteiger partial charge in [-0.05, 0) is 24.0 Å². The fraction of sp³-hybridized carbons (Fsp3) is 0.294. The molecule has 0 radical (unpaired) electrons. The first-order valence-electron chi connectivity index (χ1n) is 7.47. The number of hydrogen-bond acceptors (Lipinski definition) is 3. The fourth-order valence-electron chi connectivity index (χ4n) is 3.25. The van der Waals surface area contributed by atoms with E-state index in [4.69, 9.17) is 0 Å². The Morgan fingerprint density at radius 2 is 2.32 bits per heavy atom. The maximum absolute atomic E-state index is 12.6. The molecule has 1 aliphatic rings. The van der Waals surface area contributed by atoms with Crippen LogP contribution in [0.2, 0.25) is 0 Å². The molecular weight excluding hydrogens is 294 g/mol. The van der Waals surface area contributed by atoms with Gasteiger partial charge in [0.05, 0.1) is 18.2 Å². The highest BCUT2D eigenvalue weighted by atomic mass is 32.1. The van der Waals surface area contributed by atoms with Crippen molar-refractivity contribution in [1.82, 2.24) is 14.3 Å². The lowest BCUT2D eigenvalue weighted by Gasteiger charge is -2.25. The quantitative estimate of drug-likeness (QED) is 0.745. The summed E-state index contributed by atoms with van der Waals surface area (Å²) in [5, 5.41) is 2.00. The molecule has 0 fully saturated rings. The molecule has 1 atom stereocenters. The smallest absolute Gasteiger partial charge is 0.228 e. The minimum atomic E-state index is 0.132.